The first-order chi connectivity index (χ1) is 15.1. The van der Waals surface area contributed by atoms with Gasteiger partial charge in [0.2, 0.25) is 10.0 Å². The smallest absolute Gasteiger partial charge is 0.338 e. The fourth-order valence-corrected chi connectivity index (χ4v) is 5.41. The van der Waals surface area contributed by atoms with Crippen molar-refractivity contribution in [1.29, 1.82) is 0 Å². The highest BCUT2D eigenvalue weighted by molar-refractivity contribution is 7.89. The molecule has 11 heteroatoms. The van der Waals surface area contributed by atoms with Gasteiger partial charge in [-0.25, -0.2) is 17.9 Å². The Kier molecular flexibility index (Phi) is 8.16. The second-order valence-electron chi connectivity index (χ2n) is 8.18. The Bertz CT molecular complexity index is 939. The van der Waals surface area contributed by atoms with Gasteiger partial charge in [-0.3, -0.25) is 4.79 Å². The average Bonchev–Trinajstić information content (AvgIpc) is 3.25. The molecule has 32 heavy (non-hydrogen) atoms. The van der Waals surface area contributed by atoms with E-state index in [4.69, 9.17) is 25.8 Å². The molecule has 4 atom stereocenters. The molecule has 9 nitrogen and oxygen atoms in total. The minimum atomic E-state index is -3.97. The van der Waals surface area contributed by atoms with Crippen LogP contribution in [-0.2, 0) is 29.0 Å². The number of esters is 1. The summed E-state index contributed by atoms with van der Waals surface area (Å²) in [5.74, 6) is -1.15. The summed E-state index contributed by atoms with van der Waals surface area (Å²) < 4.78 is 44.3. The zero-order valence-electron chi connectivity index (χ0n) is 18.4. The minimum absolute atomic E-state index is 0.0183. The first-order valence-corrected chi connectivity index (χ1v) is 12.5. The second kappa shape index (κ2) is 10.5. The SMILES string of the molecule is CC1CN(C(=O)C(C)OC(=O)c2ccc(Cl)c(S(=O)(=O)NCC3CCCO3)c2)CC(C)O1. The summed E-state index contributed by atoms with van der Waals surface area (Å²) in [6, 6.07) is 3.83. The van der Waals surface area contributed by atoms with Crippen LogP contribution in [0.25, 0.3) is 0 Å². The van der Waals surface area contributed by atoms with E-state index in [-0.39, 0.29) is 46.2 Å². The zero-order valence-corrected chi connectivity index (χ0v) is 19.9. The minimum Gasteiger partial charge on any atom is -0.449 e. The quantitative estimate of drug-likeness (QED) is 0.584. The number of carbonyl (C=O) groups is 2. The number of hydrogen-bond acceptors (Lipinski definition) is 7. The number of halogens is 1. The fourth-order valence-electron chi connectivity index (χ4n) is 3.82. The van der Waals surface area contributed by atoms with Gasteiger partial charge < -0.3 is 19.1 Å². The molecule has 2 fully saturated rings. The van der Waals surface area contributed by atoms with Gasteiger partial charge in [-0.1, -0.05) is 11.6 Å². The predicted octanol–water partition coefficient (Wildman–Crippen LogP) is 1.98. The summed E-state index contributed by atoms with van der Waals surface area (Å²) in [6.45, 7) is 6.77. The van der Waals surface area contributed by atoms with Crippen molar-refractivity contribution in [2.24, 2.45) is 0 Å². The molecule has 0 aromatic heterocycles. The second-order valence-corrected chi connectivity index (χ2v) is 10.3. The van der Waals surface area contributed by atoms with Crippen LogP contribution in [0.1, 0.15) is 44.0 Å². The Morgan fingerprint density at radius 3 is 2.59 bits per heavy atom. The number of hydrogen-bond donors (Lipinski definition) is 1. The molecule has 2 aliphatic rings. The van der Waals surface area contributed by atoms with Crippen LogP contribution in [0.3, 0.4) is 0 Å². The third-order valence-electron chi connectivity index (χ3n) is 5.34. The molecule has 1 aromatic carbocycles. The molecule has 0 aliphatic carbocycles. The average molecular weight is 489 g/mol. The van der Waals surface area contributed by atoms with E-state index in [2.05, 4.69) is 4.72 Å². The molecule has 2 saturated heterocycles. The van der Waals surface area contributed by atoms with E-state index in [1.165, 1.54) is 19.1 Å². The van der Waals surface area contributed by atoms with E-state index < -0.39 is 22.1 Å². The number of sulfonamides is 1. The van der Waals surface area contributed by atoms with Gasteiger partial charge in [-0.2, -0.15) is 0 Å². The Morgan fingerprint density at radius 1 is 1.28 bits per heavy atom. The highest BCUT2D eigenvalue weighted by Crippen LogP contribution is 2.24. The molecule has 1 aromatic rings. The van der Waals surface area contributed by atoms with Gasteiger partial charge in [0, 0.05) is 26.2 Å². The maximum Gasteiger partial charge on any atom is 0.338 e. The lowest BCUT2D eigenvalue weighted by Crippen LogP contribution is -2.51. The van der Waals surface area contributed by atoms with Gasteiger partial charge in [0.25, 0.3) is 5.91 Å². The molecule has 2 aliphatic heterocycles. The van der Waals surface area contributed by atoms with E-state index in [0.717, 1.165) is 18.9 Å². The fraction of sp³-hybridized carbons (Fsp3) is 0.619. The Balaban J connectivity index is 1.67. The van der Waals surface area contributed by atoms with Gasteiger partial charge in [-0.15, -0.1) is 0 Å². The number of amides is 1. The standard InChI is InChI=1S/C21H29ClN2O7S/c1-13-11-24(12-14(2)30-13)20(25)15(3)31-21(26)16-6-7-18(22)19(9-16)32(27,28)23-10-17-5-4-8-29-17/h6-7,9,13-15,17,23H,4-5,8,10-12H2,1-3H3. The van der Waals surface area contributed by atoms with Crippen LogP contribution in [-0.4, -0.2) is 75.9 Å². The van der Waals surface area contributed by atoms with Crippen molar-refractivity contribution in [2.45, 2.75) is 62.9 Å². The Morgan fingerprint density at radius 2 is 1.97 bits per heavy atom. The summed E-state index contributed by atoms with van der Waals surface area (Å²) in [6.07, 6.45) is 0.208. The highest BCUT2D eigenvalue weighted by Gasteiger charge is 2.31. The van der Waals surface area contributed by atoms with Crippen molar-refractivity contribution < 1.29 is 32.2 Å². The van der Waals surface area contributed by atoms with Crippen LogP contribution in [0.15, 0.2) is 23.1 Å². The number of nitrogens with zero attached hydrogens (tertiary/aromatic N) is 1. The van der Waals surface area contributed by atoms with E-state index in [0.29, 0.717) is 19.7 Å². The van der Waals surface area contributed by atoms with Crippen LogP contribution in [0.5, 0.6) is 0 Å². The number of morpholine rings is 1. The molecule has 178 valence electrons. The number of ether oxygens (including phenoxy) is 3. The maximum absolute atomic E-state index is 12.7. The summed E-state index contributed by atoms with van der Waals surface area (Å²) in [5.41, 5.74) is -0.0183. The lowest BCUT2D eigenvalue weighted by atomic mass is 10.2. The lowest BCUT2D eigenvalue weighted by Gasteiger charge is -2.36. The van der Waals surface area contributed by atoms with Crippen molar-refractivity contribution in [3.8, 4) is 0 Å². The zero-order chi connectivity index (χ0) is 23.5. The van der Waals surface area contributed by atoms with Crippen molar-refractivity contribution in [3.63, 3.8) is 0 Å². The van der Waals surface area contributed by atoms with Crippen molar-refractivity contribution >= 4 is 33.5 Å². The van der Waals surface area contributed by atoms with E-state index in [1.54, 1.807) is 4.90 Å². The molecular weight excluding hydrogens is 460 g/mol. The van der Waals surface area contributed by atoms with Crippen LogP contribution in [0.4, 0.5) is 0 Å². The van der Waals surface area contributed by atoms with E-state index in [1.807, 2.05) is 13.8 Å². The lowest BCUT2D eigenvalue weighted by molar-refractivity contribution is -0.151. The van der Waals surface area contributed by atoms with Crippen LogP contribution >= 0.6 is 11.6 Å². The normalized spacial score (nSPS) is 24.9. The van der Waals surface area contributed by atoms with Gasteiger partial charge in [-0.05, 0) is 51.8 Å². The summed E-state index contributed by atoms with van der Waals surface area (Å²) >= 11 is 6.09. The largest absolute Gasteiger partial charge is 0.449 e. The van der Waals surface area contributed by atoms with Gasteiger partial charge in [0.1, 0.15) is 4.90 Å². The van der Waals surface area contributed by atoms with Crippen molar-refractivity contribution in [3.05, 3.63) is 28.8 Å². The maximum atomic E-state index is 12.7. The molecule has 3 rings (SSSR count). The molecule has 2 heterocycles. The van der Waals surface area contributed by atoms with Gasteiger partial charge in [0.05, 0.1) is 28.9 Å². The molecule has 0 spiro atoms. The monoisotopic (exact) mass is 488 g/mol. The van der Waals surface area contributed by atoms with E-state index >= 15 is 0 Å². The number of carbonyl (C=O) groups excluding carboxylic acids is 2. The van der Waals surface area contributed by atoms with Crippen molar-refractivity contribution in [1.82, 2.24) is 9.62 Å². The Labute approximate surface area is 193 Å². The summed E-state index contributed by atoms with van der Waals surface area (Å²) in [7, 11) is -3.97. The number of benzene rings is 1. The predicted molar refractivity (Wildman–Crippen MR) is 117 cm³/mol. The molecular formula is C21H29ClN2O7S. The molecule has 0 bridgehead atoms. The third kappa shape index (κ3) is 6.20. The molecule has 1 amide bonds. The Hall–Kier alpha value is -1.72. The van der Waals surface area contributed by atoms with Crippen LogP contribution in [0, 0.1) is 0 Å². The van der Waals surface area contributed by atoms with Crippen LogP contribution < -0.4 is 4.72 Å². The van der Waals surface area contributed by atoms with Crippen LogP contribution in [0.2, 0.25) is 5.02 Å². The third-order valence-corrected chi connectivity index (χ3v) is 7.25. The van der Waals surface area contributed by atoms with Crippen molar-refractivity contribution in [2.75, 3.05) is 26.2 Å². The first kappa shape index (κ1) is 24.9. The van der Waals surface area contributed by atoms with Gasteiger partial charge >= 0.3 is 5.97 Å². The highest BCUT2D eigenvalue weighted by atomic mass is 35.5. The first-order valence-electron chi connectivity index (χ1n) is 10.6. The van der Waals surface area contributed by atoms with E-state index in [9.17, 15) is 18.0 Å². The molecule has 0 saturated carbocycles. The van der Waals surface area contributed by atoms with Gasteiger partial charge in [0.15, 0.2) is 6.10 Å². The molecule has 0 radical (unpaired) electrons. The summed E-state index contributed by atoms with van der Waals surface area (Å²) in [4.78, 5) is 26.7. The summed E-state index contributed by atoms with van der Waals surface area (Å²) in [5, 5.41) is -0.0261. The molecule has 4 unspecified atom stereocenters. The number of rotatable bonds is 7. The topological polar surface area (TPSA) is 111 Å². The number of nitrogens with one attached hydrogen (secondary N) is 1. The molecule has 1 N–H and O–H groups in total.